The van der Waals surface area contributed by atoms with Crippen molar-refractivity contribution in [3.05, 3.63) is 35.2 Å². The molecule has 17 heavy (non-hydrogen) atoms. The van der Waals surface area contributed by atoms with Crippen molar-refractivity contribution in [1.29, 1.82) is 0 Å². The summed E-state index contributed by atoms with van der Waals surface area (Å²) in [6.45, 7) is 3.57. The Morgan fingerprint density at radius 2 is 2.29 bits per heavy atom. The lowest BCUT2D eigenvalue weighted by molar-refractivity contribution is 0.301. The van der Waals surface area contributed by atoms with Gasteiger partial charge in [-0.05, 0) is 25.0 Å². The molecule has 0 unspecified atom stereocenters. The van der Waals surface area contributed by atoms with Crippen LogP contribution in [0, 0.1) is 6.92 Å². The maximum absolute atomic E-state index is 6.03. The van der Waals surface area contributed by atoms with Gasteiger partial charge in [-0.15, -0.1) is 0 Å². The van der Waals surface area contributed by atoms with Crippen LogP contribution in [0.15, 0.2) is 22.8 Å². The van der Waals surface area contributed by atoms with E-state index in [1.807, 2.05) is 19.1 Å². The van der Waals surface area contributed by atoms with E-state index in [1.54, 1.807) is 0 Å². The van der Waals surface area contributed by atoms with Crippen molar-refractivity contribution in [3.8, 4) is 0 Å². The van der Waals surface area contributed by atoms with Gasteiger partial charge < -0.3 is 10.6 Å². The van der Waals surface area contributed by atoms with E-state index in [4.69, 9.17) is 10.4 Å². The number of nitrogens with two attached hydrogens (primary N) is 1. The maximum atomic E-state index is 6.03. The van der Waals surface area contributed by atoms with Gasteiger partial charge in [0.15, 0.2) is 0 Å². The van der Waals surface area contributed by atoms with Crippen LogP contribution in [0.3, 0.4) is 0 Å². The minimum Gasteiger partial charge on any atom is -0.397 e. The van der Waals surface area contributed by atoms with Gasteiger partial charge in [0.05, 0.1) is 17.9 Å². The molecule has 88 valence electrons. The summed E-state index contributed by atoms with van der Waals surface area (Å²) < 4.78 is 4.72. The second-order valence-corrected chi connectivity index (χ2v) is 4.32. The number of nitrogens with zero attached hydrogens (tertiary/aromatic N) is 3. The van der Waals surface area contributed by atoms with Gasteiger partial charge in [-0.25, -0.2) is 4.63 Å². The summed E-state index contributed by atoms with van der Waals surface area (Å²) in [6.07, 6.45) is 1.03. The molecule has 5 heteroatoms. The third-order valence-corrected chi connectivity index (χ3v) is 3.21. The Hall–Kier alpha value is -2.04. The van der Waals surface area contributed by atoms with E-state index >= 15 is 0 Å². The lowest BCUT2D eigenvalue weighted by Gasteiger charge is -2.19. The molecule has 0 aliphatic carbocycles. The zero-order chi connectivity index (χ0) is 11.8. The minimum atomic E-state index is 0.705. The molecule has 0 bridgehead atoms. The van der Waals surface area contributed by atoms with Crippen LogP contribution in [0.4, 0.5) is 11.4 Å². The summed E-state index contributed by atoms with van der Waals surface area (Å²) in [4.78, 5) is 2.23. The SMILES string of the molecule is Cc1nonc1CN1CCc2cccc(N)c21. The van der Waals surface area contributed by atoms with Crippen LogP contribution in [-0.2, 0) is 13.0 Å². The van der Waals surface area contributed by atoms with Gasteiger partial charge in [0, 0.05) is 6.54 Å². The predicted molar refractivity (Wildman–Crippen MR) is 64.6 cm³/mol. The van der Waals surface area contributed by atoms with Gasteiger partial charge in [0.2, 0.25) is 0 Å². The highest BCUT2D eigenvalue weighted by molar-refractivity contribution is 5.74. The lowest BCUT2D eigenvalue weighted by Crippen LogP contribution is -2.21. The number of fused-ring (bicyclic) bond motifs is 1. The quantitative estimate of drug-likeness (QED) is 0.792. The fourth-order valence-electron chi connectivity index (χ4n) is 2.30. The molecule has 0 spiro atoms. The van der Waals surface area contributed by atoms with Gasteiger partial charge in [-0.2, -0.15) is 0 Å². The average molecular weight is 230 g/mol. The van der Waals surface area contributed by atoms with E-state index in [0.29, 0.717) is 6.54 Å². The molecule has 0 fully saturated rings. The zero-order valence-electron chi connectivity index (χ0n) is 9.68. The summed E-state index contributed by atoms with van der Waals surface area (Å²) in [5, 5.41) is 7.71. The number of aryl methyl sites for hydroxylation is 1. The average Bonchev–Trinajstić information content (AvgIpc) is 2.89. The summed E-state index contributed by atoms with van der Waals surface area (Å²) in [5.74, 6) is 0. The standard InChI is InChI=1S/C12H14N4O/c1-8-11(15-17-14-8)7-16-6-5-9-3-2-4-10(13)12(9)16/h2-4H,5-7,13H2,1H3. The molecule has 0 saturated heterocycles. The highest BCUT2D eigenvalue weighted by atomic mass is 16.6. The summed E-state index contributed by atoms with van der Waals surface area (Å²) >= 11 is 0. The Morgan fingerprint density at radius 3 is 3.06 bits per heavy atom. The number of nitrogen functional groups attached to an aromatic ring is 1. The van der Waals surface area contributed by atoms with E-state index in [2.05, 4.69) is 21.3 Å². The van der Waals surface area contributed by atoms with Crippen molar-refractivity contribution >= 4 is 11.4 Å². The van der Waals surface area contributed by atoms with Crippen LogP contribution in [0.1, 0.15) is 17.0 Å². The molecule has 0 amide bonds. The van der Waals surface area contributed by atoms with E-state index in [-0.39, 0.29) is 0 Å². The summed E-state index contributed by atoms with van der Waals surface area (Å²) in [7, 11) is 0. The Labute approximate surface area is 99.2 Å². The van der Waals surface area contributed by atoms with Crippen LogP contribution in [0.25, 0.3) is 0 Å². The predicted octanol–water partition coefficient (Wildman–Crippen LogP) is 1.52. The molecule has 2 aromatic rings. The van der Waals surface area contributed by atoms with Crippen molar-refractivity contribution in [2.75, 3.05) is 17.2 Å². The van der Waals surface area contributed by atoms with Crippen molar-refractivity contribution < 1.29 is 4.63 Å². The fraction of sp³-hybridized carbons (Fsp3) is 0.333. The van der Waals surface area contributed by atoms with Crippen LogP contribution >= 0.6 is 0 Å². The molecular weight excluding hydrogens is 216 g/mol. The number of benzene rings is 1. The molecule has 0 radical (unpaired) electrons. The molecule has 1 aliphatic heterocycles. The second-order valence-electron chi connectivity index (χ2n) is 4.32. The topological polar surface area (TPSA) is 68.2 Å². The molecule has 3 rings (SSSR count). The Morgan fingerprint density at radius 1 is 1.41 bits per heavy atom. The first kappa shape index (κ1) is 10.1. The minimum absolute atomic E-state index is 0.705. The molecular formula is C12H14N4O. The molecule has 0 atom stereocenters. The first-order valence-electron chi connectivity index (χ1n) is 5.66. The molecule has 2 N–H and O–H groups in total. The van der Waals surface area contributed by atoms with E-state index in [0.717, 1.165) is 35.7 Å². The number of hydrogen-bond donors (Lipinski definition) is 1. The van der Waals surface area contributed by atoms with Crippen LogP contribution in [0.2, 0.25) is 0 Å². The van der Waals surface area contributed by atoms with Crippen LogP contribution in [-0.4, -0.2) is 16.9 Å². The third-order valence-electron chi connectivity index (χ3n) is 3.21. The van der Waals surface area contributed by atoms with Crippen molar-refractivity contribution in [3.63, 3.8) is 0 Å². The molecule has 5 nitrogen and oxygen atoms in total. The fourth-order valence-corrected chi connectivity index (χ4v) is 2.30. The first-order chi connectivity index (χ1) is 8.25. The van der Waals surface area contributed by atoms with Gasteiger partial charge in [0.1, 0.15) is 11.4 Å². The first-order valence-corrected chi connectivity index (χ1v) is 5.66. The summed E-state index contributed by atoms with van der Waals surface area (Å²) in [6, 6.07) is 6.06. The third kappa shape index (κ3) is 1.63. The van der Waals surface area contributed by atoms with E-state index in [1.165, 1.54) is 5.56 Å². The van der Waals surface area contributed by atoms with Gasteiger partial charge in [0.25, 0.3) is 0 Å². The van der Waals surface area contributed by atoms with Gasteiger partial charge >= 0.3 is 0 Å². The van der Waals surface area contributed by atoms with Gasteiger partial charge in [-0.1, -0.05) is 22.4 Å². The number of hydrogen-bond acceptors (Lipinski definition) is 5. The lowest BCUT2D eigenvalue weighted by atomic mass is 10.1. The number of rotatable bonds is 2. The molecule has 1 aromatic heterocycles. The number of anilines is 2. The molecule has 1 aliphatic rings. The second kappa shape index (κ2) is 3.76. The highest BCUT2D eigenvalue weighted by Gasteiger charge is 2.22. The monoisotopic (exact) mass is 230 g/mol. The molecule has 0 saturated carbocycles. The van der Waals surface area contributed by atoms with Crippen LogP contribution in [0.5, 0.6) is 0 Å². The Bertz CT molecular complexity index is 549. The maximum Gasteiger partial charge on any atom is 0.127 e. The van der Waals surface area contributed by atoms with Crippen molar-refractivity contribution in [2.24, 2.45) is 0 Å². The van der Waals surface area contributed by atoms with Crippen molar-refractivity contribution in [1.82, 2.24) is 10.3 Å². The number of aromatic nitrogens is 2. The van der Waals surface area contributed by atoms with Gasteiger partial charge in [-0.3, -0.25) is 0 Å². The van der Waals surface area contributed by atoms with E-state index < -0.39 is 0 Å². The van der Waals surface area contributed by atoms with Crippen LogP contribution < -0.4 is 10.6 Å². The normalized spacial score (nSPS) is 14.1. The Balaban J connectivity index is 1.92. The van der Waals surface area contributed by atoms with E-state index in [9.17, 15) is 0 Å². The largest absolute Gasteiger partial charge is 0.397 e. The number of para-hydroxylation sites is 1. The zero-order valence-corrected chi connectivity index (χ0v) is 9.68. The smallest absolute Gasteiger partial charge is 0.127 e. The molecule has 1 aromatic carbocycles. The van der Waals surface area contributed by atoms with Crippen molar-refractivity contribution in [2.45, 2.75) is 19.9 Å². The molecule has 2 heterocycles. The Kier molecular flexibility index (Phi) is 2.24. The highest BCUT2D eigenvalue weighted by Crippen LogP contribution is 2.34. The summed E-state index contributed by atoms with van der Waals surface area (Å²) in [5.41, 5.74) is 11.0.